The van der Waals surface area contributed by atoms with Crippen LogP contribution in [0.5, 0.6) is 5.75 Å². The zero-order valence-electron chi connectivity index (χ0n) is 16.5. The lowest BCUT2D eigenvalue weighted by Crippen LogP contribution is -2.39. The van der Waals surface area contributed by atoms with Crippen molar-refractivity contribution in [3.63, 3.8) is 0 Å². The molecule has 0 bridgehead atoms. The fourth-order valence-corrected chi connectivity index (χ4v) is 3.53. The zero-order valence-corrected chi connectivity index (χ0v) is 16.5. The van der Waals surface area contributed by atoms with Crippen molar-refractivity contribution in [3.05, 3.63) is 65.5 Å². The number of hydrogen-bond acceptors (Lipinski definition) is 4. The molecule has 2 N–H and O–H groups in total. The number of carbonyl (C=O) groups is 1. The number of benzene rings is 2. The summed E-state index contributed by atoms with van der Waals surface area (Å²) < 4.78 is 19.8. The first-order valence-electron chi connectivity index (χ1n) is 10.2. The number of rotatable bonds is 1. The third-order valence-corrected chi connectivity index (χ3v) is 5.29. The Balaban J connectivity index is 1.72. The number of hydrogen-bond donors (Lipinski definition) is 2. The summed E-state index contributed by atoms with van der Waals surface area (Å²) in [5.74, 6) is -0.215. The van der Waals surface area contributed by atoms with Gasteiger partial charge in [0.05, 0.1) is 11.7 Å². The summed E-state index contributed by atoms with van der Waals surface area (Å²) in [6.45, 7) is 0.690. The lowest BCUT2D eigenvalue weighted by atomic mass is 10.0. The lowest BCUT2D eigenvalue weighted by molar-refractivity contribution is -0.0153. The molecule has 3 rings (SSSR count). The predicted octanol–water partition coefficient (Wildman–Crippen LogP) is 3.19. The van der Waals surface area contributed by atoms with Crippen LogP contribution < -0.4 is 4.74 Å². The molecule has 0 fully saturated rings. The first-order chi connectivity index (χ1) is 14.1. The number of aryl methyl sites for hydroxylation is 1. The van der Waals surface area contributed by atoms with Crippen molar-refractivity contribution in [2.45, 2.75) is 44.3 Å². The molecule has 2 atom stereocenters. The Hall–Kier alpha value is -2.44. The van der Waals surface area contributed by atoms with Crippen LogP contribution in [-0.4, -0.2) is 52.9 Å². The number of nitrogens with zero attached hydrogens (tertiary/aromatic N) is 1. The van der Waals surface area contributed by atoms with Crippen molar-refractivity contribution >= 4 is 5.91 Å². The van der Waals surface area contributed by atoms with E-state index >= 15 is 0 Å². The maximum absolute atomic E-state index is 14.1. The van der Waals surface area contributed by atoms with E-state index in [4.69, 9.17) is 4.74 Å². The number of aliphatic hydroxyl groups excluding tert-OH is 2. The van der Waals surface area contributed by atoms with Crippen molar-refractivity contribution in [1.29, 1.82) is 0 Å². The maximum atomic E-state index is 14.1. The minimum Gasteiger partial charge on any atom is -0.491 e. The van der Waals surface area contributed by atoms with E-state index in [0.717, 1.165) is 37.0 Å². The Morgan fingerprint density at radius 3 is 2.55 bits per heavy atom. The van der Waals surface area contributed by atoms with Gasteiger partial charge >= 0.3 is 0 Å². The second kappa shape index (κ2) is 10.4. The molecule has 0 unspecified atom stereocenters. The molecule has 5 nitrogen and oxygen atoms in total. The molecule has 2 aromatic rings. The number of aliphatic hydroxyl groups is 2. The molecule has 0 saturated carbocycles. The standard InChI is InChI=1S/C23H28FNO4/c24-19-11-5-4-10-18(19)23(28)25-14-7-1-2-8-17-9-3-6-12-22(17)29-16-21(27)20(26)13-15-25/h3-6,9-12,20-21,26-27H,1-2,7-8,13-16H2/t20-,21+/m0/s1. The highest BCUT2D eigenvalue weighted by molar-refractivity contribution is 5.94. The second-order valence-corrected chi connectivity index (χ2v) is 7.42. The smallest absolute Gasteiger partial charge is 0.256 e. The summed E-state index contributed by atoms with van der Waals surface area (Å²) in [7, 11) is 0. The predicted molar refractivity (Wildman–Crippen MR) is 108 cm³/mol. The Morgan fingerprint density at radius 1 is 0.966 bits per heavy atom. The molecule has 0 aliphatic carbocycles. The van der Waals surface area contributed by atoms with E-state index < -0.39 is 23.9 Å². The van der Waals surface area contributed by atoms with Crippen LogP contribution in [0.2, 0.25) is 0 Å². The van der Waals surface area contributed by atoms with Gasteiger partial charge in [0.15, 0.2) is 0 Å². The quantitative estimate of drug-likeness (QED) is 0.770. The highest BCUT2D eigenvalue weighted by Gasteiger charge is 2.23. The van der Waals surface area contributed by atoms with E-state index in [-0.39, 0.29) is 25.1 Å². The van der Waals surface area contributed by atoms with Crippen molar-refractivity contribution < 1.29 is 24.1 Å². The molecule has 1 amide bonds. The van der Waals surface area contributed by atoms with E-state index in [9.17, 15) is 19.4 Å². The number of ether oxygens (including phenoxy) is 1. The largest absolute Gasteiger partial charge is 0.491 e. The Labute approximate surface area is 170 Å². The minimum absolute atomic E-state index is 0.0283. The molecular weight excluding hydrogens is 373 g/mol. The van der Waals surface area contributed by atoms with Gasteiger partial charge in [-0.3, -0.25) is 4.79 Å². The minimum atomic E-state index is -1.07. The van der Waals surface area contributed by atoms with E-state index in [1.54, 1.807) is 17.0 Å². The third-order valence-electron chi connectivity index (χ3n) is 5.29. The van der Waals surface area contributed by atoms with Crippen LogP contribution in [0.3, 0.4) is 0 Å². The number of carbonyl (C=O) groups excluding carboxylic acids is 1. The average molecular weight is 401 g/mol. The van der Waals surface area contributed by atoms with E-state index in [1.165, 1.54) is 12.1 Å². The number of fused-ring (bicyclic) bond motifs is 1. The average Bonchev–Trinajstić information content (AvgIpc) is 2.73. The highest BCUT2D eigenvalue weighted by atomic mass is 19.1. The summed E-state index contributed by atoms with van der Waals surface area (Å²) in [5, 5.41) is 20.6. The van der Waals surface area contributed by atoms with Crippen molar-refractivity contribution in [3.8, 4) is 5.75 Å². The van der Waals surface area contributed by atoms with Gasteiger partial charge in [0.2, 0.25) is 0 Å². The number of halogens is 1. The summed E-state index contributed by atoms with van der Waals surface area (Å²) in [6.07, 6.45) is 1.54. The molecular formula is C23H28FNO4. The van der Waals surface area contributed by atoms with Crippen molar-refractivity contribution in [1.82, 2.24) is 4.90 Å². The van der Waals surface area contributed by atoms with Gasteiger partial charge in [-0.25, -0.2) is 4.39 Å². The summed E-state index contributed by atoms with van der Waals surface area (Å²) in [4.78, 5) is 14.4. The molecule has 29 heavy (non-hydrogen) atoms. The first kappa shape index (κ1) is 21.3. The molecule has 0 spiro atoms. The lowest BCUT2D eigenvalue weighted by Gasteiger charge is -2.26. The van der Waals surface area contributed by atoms with Crippen LogP contribution in [0.4, 0.5) is 4.39 Å². The van der Waals surface area contributed by atoms with E-state index in [1.807, 2.05) is 24.3 Å². The van der Waals surface area contributed by atoms with Crippen LogP contribution in [0.25, 0.3) is 0 Å². The van der Waals surface area contributed by atoms with Crippen LogP contribution in [0, 0.1) is 5.82 Å². The fraction of sp³-hybridized carbons (Fsp3) is 0.435. The van der Waals surface area contributed by atoms with Crippen LogP contribution in [-0.2, 0) is 6.42 Å². The van der Waals surface area contributed by atoms with Crippen LogP contribution in [0.15, 0.2) is 48.5 Å². The Bertz CT molecular complexity index is 813. The highest BCUT2D eigenvalue weighted by Crippen LogP contribution is 2.22. The number of para-hydroxylation sites is 1. The fourth-order valence-electron chi connectivity index (χ4n) is 3.53. The zero-order chi connectivity index (χ0) is 20.6. The van der Waals surface area contributed by atoms with Crippen molar-refractivity contribution in [2.75, 3.05) is 19.7 Å². The van der Waals surface area contributed by atoms with Gasteiger partial charge in [-0.05, 0) is 49.4 Å². The van der Waals surface area contributed by atoms with Crippen LogP contribution in [0.1, 0.15) is 41.6 Å². The van der Waals surface area contributed by atoms with Gasteiger partial charge < -0.3 is 19.8 Å². The Morgan fingerprint density at radius 2 is 1.72 bits per heavy atom. The van der Waals surface area contributed by atoms with Gasteiger partial charge in [-0.2, -0.15) is 0 Å². The van der Waals surface area contributed by atoms with Gasteiger partial charge in [0.1, 0.15) is 24.3 Å². The Kier molecular flexibility index (Phi) is 7.61. The third kappa shape index (κ3) is 5.78. The molecule has 0 saturated heterocycles. The van der Waals surface area contributed by atoms with Crippen LogP contribution >= 0.6 is 0 Å². The molecule has 1 heterocycles. The second-order valence-electron chi connectivity index (χ2n) is 7.42. The molecule has 1 aliphatic rings. The molecule has 156 valence electrons. The van der Waals surface area contributed by atoms with E-state index in [2.05, 4.69) is 0 Å². The van der Waals surface area contributed by atoms with Gasteiger partial charge in [0, 0.05) is 13.1 Å². The van der Waals surface area contributed by atoms with Gasteiger partial charge in [-0.1, -0.05) is 36.8 Å². The molecule has 1 aliphatic heterocycles. The summed E-state index contributed by atoms with van der Waals surface area (Å²) in [5.41, 5.74) is 1.09. The molecule has 0 aromatic heterocycles. The maximum Gasteiger partial charge on any atom is 0.256 e. The van der Waals surface area contributed by atoms with E-state index in [0.29, 0.717) is 6.54 Å². The van der Waals surface area contributed by atoms with Gasteiger partial charge in [-0.15, -0.1) is 0 Å². The monoisotopic (exact) mass is 401 g/mol. The van der Waals surface area contributed by atoms with Crippen molar-refractivity contribution in [2.24, 2.45) is 0 Å². The molecule has 6 heteroatoms. The van der Waals surface area contributed by atoms with Gasteiger partial charge in [0.25, 0.3) is 5.91 Å². The topological polar surface area (TPSA) is 70.0 Å². The summed E-state index contributed by atoms with van der Waals surface area (Å²) in [6, 6.07) is 13.6. The summed E-state index contributed by atoms with van der Waals surface area (Å²) >= 11 is 0. The first-order valence-corrected chi connectivity index (χ1v) is 10.2. The SMILES string of the molecule is O=C(c1ccccc1F)N1CCCCCc2ccccc2OC[C@@H](O)[C@@H](O)CC1. The number of amides is 1. The molecule has 0 radical (unpaired) electrons. The normalized spacial score (nSPS) is 21.6. The molecule has 2 aromatic carbocycles.